The molecule has 2 heterocycles. The highest BCUT2D eigenvalue weighted by molar-refractivity contribution is 6.76. The van der Waals surface area contributed by atoms with Gasteiger partial charge < -0.3 is 9.72 Å². The van der Waals surface area contributed by atoms with Crippen molar-refractivity contribution in [1.82, 2.24) is 19.7 Å². The lowest BCUT2D eigenvalue weighted by Crippen LogP contribution is -2.22. The van der Waals surface area contributed by atoms with Crippen molar-refractivity contribution < 1.29 is 4.74 Å². The maximum atomic E-state index is 11.2. The number of H-pyrrole nitrogens is 1. The monoisotopic (exact) mass is 292 g/mol. The molecule has 2 aromatic rings. The van der Waals surface area contributed by atoms with E-state index >= 15 is 0 Å². The van der Waals surface area contributed by atoms with E-state index in [1.54, 1.807) is 16.9 Å². The molecule has 0 aliphatic rings. The van der Waals surface area contributed by atoms with Gasteiger partial charge in [-0.3, -0.25) is 0 Å². The summed E-state index contributed by atoms with van der Waals surface area (Å²) in [5, 5.41) is 4.22. The number of ether oxygens (including phenoxy) is 1. The Morgan fingerprint density at radius 2 is 2.20 bits per heavy atom. The summed E-state index contributed by atoms with van der Waals surface area (Å²) in [6.07, 6.45) is 5.03. The maximum absolute atomic E-state index is 11.2. The average molecular weight is 292 g/mol. The van der Waals surface area contributed by atoms with E-state index in [1.807, 2.05) is 6.20 Å². The Kier molecular flexibility index (Phi) is 4.51. The minimum atomic E-state index is -1.05. The van der Waals surface area contributed by atoms with Crippen molar-refractivity contribution in [3.05, 3.63) is 35.1 Å². The van der Waals surface area contributed by atoms with Crippen LogP contribution in [0, 0.1) is 0 Å². The lowest BCUT2D eigenvalue weighted by Gasteiger charge is -2.15. The zero-order valence-electron chi connectivity index (χ0n) is 12.1. The number of aromatic amines is 1. The predicted molar refractivity (Wildman–Crippen MR) is 80.2 cm³/mol. The van der Waals surface area contributed by atoms with Crippen LogP contribution in [0.4, 0.5) is 0 Å². The van der Waals surface area contributed by atoms with Gasteiger partial charge in [-0.2, -0.15) is 5.10 Å². The average Bonchev–Trinajstić information content (AvgIpc) is 2.82. The summed E-state index contributed by atoms with van der Waals surface area (Å²) < 4.78 is 7.34. The van der Waals surface area contributed by atoms with Gasteiger partial charge in [0, 0.05) is 32.6 Å². The molecule has 1 N–H and O–H groups in total. The van der Waals surface area contributed by atoms with E-state index in [-0.39, 0.29) is 5.69 Å². The van der Waals surface area contributed by atoms with E-state index in [4.69, 9.17) is 4.74 Å². The molecule has 108 valence electrons. The van der Waals surface area contributed by atoms with Crippen molar-refractivity contribution >= 4 is 8.07 Å². The Balaban J connectivity index is 1.91. The smallest absolute Gasteiger partial charge is 0.345 e. The number of nitrogens with one attached hydrogen (secondary N) is 1. The molecule has 20 heavy (non-hydrogen) atoms. The van der Waals surface area contributed by atoms with Gasteiger partial charge in [0.05, 0.1) is 11.9 Å². The molecule has 0 fully saturated rings. The number of rotatable bonds is 6. The molecule has 0 bridgehead atoms. The van der Waals surface area contributed by atoms with E-state index in [1.165, 1.54) is 6.20 Å². The summed E-state index contributed by atoms with van der Waals surface area (Å²) in [6.45, 7) is 8.16. The summed E-state index contributed by atoms with van der Waals surface area (Å²) >= 11 is 0. The van der Waals surface area contributed by atoms with Crippen LogP contribution in [-0.4, -0.2) is 34.4 Å². The van der Waals surface area contributed by atoms with E-state index in [2.05, 4.69) is 34.7 Å². The molecule has 2 aromatic heterocycles. The second kappa shape index (κ2) is 6.15. The Labute approximate surface area is 118 Å². The first kappa shape index (κ1) is 14.7. The molecule has 7 heteroatoms. The lowest BCUT2D eigenvalue weighted by molar-refractivity contribution is 0.0786. The third-order valence-corrected chi connectivity index (χ3v) is 4.54. The first-order chi connectivity index (χ1) is 9.44. The summed E-state index contributed by atoms with van der Waals surface area (Å²) in [6, 6.07) is 2.88. The van der Waals surface area contributed by atoms with Gasteiger partial charge in [0.15, 0.2) is 0 Å². The topological polar surface area (TPSA) is 72.8 Å². The first-order valence-electron chi connectivity index (χ1n) is 6.60. The van der Waals surface area contributed by atoms with Crippen LogP contribution in [0.25, 0.3) is 11.3 Å². The van der Waals surface area contributed by atoms with Crippen LogP contribution >= 0.6 is 0 Å². The minimum absolute atomic E-state index is 0.360. The molecule has 2 rings (SSSR count). The largest absolute Gasteiger partial charge is 0.360 e. The molecule has 0 aliphatic carbocycles. The lowest BCUT2D eigenvalue weighted by atomic mass is 10.2. The van der Waals surface area contributed by atoms with Gasteiger partial charge in [-0.1, -0.05) is 19.6 Å². The van der Waals surface area contributed by atoms with E-state index < -0.39 is 8.07 Å². The summed E-state index contributed by atoms with van der Waals surface area (Å²) in [7, 11) is -1.05. The Morgan fingerprint density at radius 3 is 2.90 bits per heavy atom. The molecule has 0 saturated heterocycles. The quantitative estimate of drug-likeness (QED) is 0.652. The number of nitrogens with zero attached hydrogens (tertiary/aromatic N) is 3. The molecule has 0 amide bonds. The fourth-order valence-corrected chi connectivity index (χ4v) is 2.40. The maximum Gasteiger partial charge on any atom is 0.345 e. The molecular formula is C13H20N4O2Si. The second-order valence-electron chi connectivity index (χ2n) is 5.91. The summed E-state index contributed by atoms with van der Waals surface area (Å²) in [4.78, 5) is 17.4. The van der Waals surface area contributed by atoms with Gasteiger partial charge in [-0.05, 0) is 12.1 Å². The fourth-order valence-electron chi connectivity index (χ4n) is 1.65. The van der Waals surface area contributed by atoms with Gasteiger partial charge in [0.25, 0.3) is 0 Å². The SMILES string of the molecule is C[Si](C)(C)CCOCn1cc(-c2ccnc(=O)[nH]2)cn1. The van der Waals surface area contributed by atoms with Gasteiger partial charge >= 0.3 is 5.69 Å². The fraction of sp³-hybridized carbons (Fsp3) is 0.462. The van der Waals surface area contributed by atoms with Crippen LogP contribution in [0.2, 0.25) is 25.7 Å². The van der Waals surface area contributed by atoms with Gasteiger partial charge in [-0.15, -0.1) is 0 Å². The molecule has 0 saturated carbocycles. The van der Waals surface area contributed by atoms with E-state index in [9.17, 15) is 4.79 Å². The normalized spacial score (nSPS) is 11.8. The standard InChI is InChI=1S/C13H20N4O2Si/c1-20(2,3)7-6-19-10-17-9-11(8-15-17)12-4-5-14-13(18)16-12/h4-5,8-9H,6-7,10H2,1-3H3,(H,14,16,18). The number of hydrogen-bond donors (Lipinski definition) is 1. The van der Waals surface area contributed by atoms with Crippen LogP contribution in [0.5, 0.6) is 0 Å². The van der Waals surface area contributed by atoms with Crippen molar-refractivity contribution in [1.29, 1.82) is 0 Å². The van der Waals surface area contributed by atoms with Crippen LogP contribution < -0.4 is 5.69 Å². The first-order valence-corrected chi connectivity index (χ1v) is 10.3. The predicted octanol–water partition coefficient (Wildman–Crippen LogP) is 1.95. The highest BCUT2D eigenvalue weighted by atomic mass is 28.3. The Bertz CT molecular complexity index is 615. The van der Waals surface area contributed by atoms with E-state index in [0.29, 0.717) is 12.4 Å². The highest BCUT2D eigenvalue weighted by Crippen LogP contribution is 2.13. The van der Waals surface area contributed by atoms with Gasteiger partial charge in [0.1, 0.15) is 6.73 Å². The van der Waals surface area contributed by atoms with Gasteiger partial charge in [0.2, 0.25) is 0 Å². The van der Waals surface area contributed by atoms with Crippen LogP contribution in [0.3, 0.4) is 0 Å². The van der Waals surface area contributed by atoms with Crippen molar-refractivity contribution in [2.75, 3.05) is 6.61 Å². The van der Waals surface area contributed by atoms with Crippen molar-refractivity contribution in [3.63, 3.8) is 0 Å². The number of hydrogen-bond acceptors (Lipinski definition) is 4. The van der Waals surface area contributed by atoms with Crippen LogP contribution in [0.1, 0.15) is 0 Å². The van der Waals surface area contributed by atoms with Crippen molar-refractivity contribution in [3.8, 4) is 11.3 Å². The molecule has 0 unspecified atom stereocenters. The molecule has 0 aromatic carbocycles. The third-order valence-electron chi connectivity index (χ3n) is 2.84. The van der Waals surface area contributed by atoms with Crippen LogP contribution in [-0.2, 0) is 11.5 Å². The molecule has 0 atom stereocenters. The molecule has 0 spiro atoms. The molecule has 6 nitrogen and oxygen atoms in total. The zero-order valence-corrected chi connectivity index (χ0v) is 13.1. The van der Waals surface area contributed by atoms with Crippen molar-refractivity contribution in [2.24, 2.45) is 0 Å². The minimum Gasteiger partial charge on any atom is -0.360 e. The summed E-state index contributed by atoms with van der Waals surface area (Å²) in [5.41, 5.74) is 1.19. The van der Waals surface area contributed by atoms with E-state index in [0.717, 1.165) is 18.2 Å². The Hall–Kier alpha value is -1.73. The molecular weight excluding hydrogens is 272 g/mol. The highest BCUT2D eigenvalue weighted by Gasteiger charge is 2.12. The molecule has 0 radical (unpaired) electrons. The van der Waals surface area contributed by atoms with Crippen LogP contribution in [0.15, 0.2) is 29.5 Å². The third kappa shape index (κ3) is 4.43. The summed E-state index contributed by atoms with van der Waals surface area (Å²) in [5.74, 6) is 0. The molecule has 0 aliphatic heterocycles. The van der Waals surface area contributed by atoms with Gasteiger partial charge in [-0.25, -0.2) is 14.5 Å². The number of aromatic nitrogens is 4. The van der Waals surface area contributed by atoms with Crippen molar-refractivity contribution in [2.45, 2.75) is 32.4 Å². The second-order valence-corrected chi connectivity index (χ2v) is 11.5. The Morgan fingerprint density at radius 1 is 1.40 bits per heavy atom. The zero-order chi connectivity index (χ0) is 14.6.